The first-order valence-electron chi connectivity index (χ1n) is 6.01. The van der Waals surface area contributed by atoms with E-state index in [1.807, 2.05) is 6.92 Å². The highest BCUT2D eigenvalue weighted by atomic mass is 32.1. The summed E-state index contributed by atoms with van der Waals surface area (Å²) in [5, 5.41) is 5.78. The number of halogens is 4. The Kier molecular flexibility index (Phi) is 4.13. The molecule has 0 unspecified atom stereocenters. The number of nitrogens with zero attached hydrogens (tertiary/aromatic N) is 3. The second kappa shape index (κ2) is 5.55. The fourth-order valence-electron chi connectivity index (χ4n) is 1.80. The number of hydrogen-bond donors (Lipinski definition) is 2. The van der Waals surface area contributed by atoms with Crippen LogP contribution in [0.3, 0.4) is 0 Å². The summed E-state index contributed by atoms with van der Waals surface area (Å²) < 4.78 is 52.8. The monoisotopic (exact) mass is 320 g/mol. The molecule has 114 valence electrons. The Balaban J connectivity index is 2.61. The van der Waals surface area contributed by atoms with Gasteiger partial charge in [0.2, 0.25) is 5.95 Å². The van der Waals surface area contributed by atoms with Gasteiger partial charge in [0.1, 0.15) is 11.5 Å². The van der Waals surface area contributed by atoms with Gasteiger partial charge in [-0.3, -0.25) is 0 Å². The molecule has 1 heterocycles. The molecule has 1 N–H and O–H groups in total. The van der Waals surface area contributed by atoms with Crippen LogP contribution in [-0.4, -0.2) is 21.8 Å². The van der Waals surface area contributed by atoms with Crippen molar-refractivity contribution in [1.82, 2.24) is 14.8 Å². The predicted molar refractivity (Wildman–Crippen MR) is 72.5 cm³/mol. The molecule has 0 amide bonds. The molecule has 1 aromatic carbocycles. The van der Waals surface area contributed by atoms with Gasteiger partial charge in [-0.05, 0) is 24.1 Å². The molecule has 0 aliphatic rings. The van der Waals surface area contributed by atoms with Crippen LogP contribution in [0.25, 0.3) is 5.69 Å². The third-order valence-electron chi connectivity index (χ3n) is 2.84. The minimum atomic E-state index is -4.71. The quantitative estimate of drug-likeness (QED) is 0.673. The van der Waals surface area contributed by atoms with Crippen molar-refractivity contribution < 1.29 is 17.6 Å². The molecule has 0 bridgehead atoms. The van der Waals surface area contributed by atoms with E-state index < -0.39 is 17.8 Å². The number of aryl methyl sites for hydroxylation is 1. The standard InChI is InChI=1S/C12H12F4N4S/c1-3-6-4-7(13)8(5-9(6)21)20-11(17-2)18-10(19-20)12(14,15)16/h4-5,21H,3H2,1-2H3,(H,17,18,19). The Morgan fingerprint density at radius 3 is 2.52 bits per heavy atom. The van der Waals surface area contributed by atoms with E-state index in [2.05, 4.69) is 28.0 Å². The zero-order valence-corrected chi connectivity index (χ0v) is 12.1. The van der Waals surface area contributed by atoms with E-state index in [1.54, 1.807) is 0 Å². The Labute approximate surface area is 123 Å². The van der Waals surface area contributed by atoms with Gasteiger partial charge in [0.15, 0.2) is 0 Å². The van der Waals surface area contributed by atoms with Crippen LogP contribution < -0.4 is 5.32 Å². The number of thiol groups is 1. The lowest BCUT2D eigenvalue weighted by atomic mass is 10.1. The van der Waals surface area contributed by atoms with Gasteiger partial charge in [-0.15, -0.1) is 17.7 Å². The van der Waals surface area contributed by atoms with Gasteiger partial charge in [0.05, 0.1) is 0 Å². The van der Waals surface area contributed by atoms with E-state index in [4.69, 9.17) is 0 Å². The van der Waals surface area contributed by atoms with E-state index in [1.165, 1.54) is 19.2 Å². The third kappa shape index (κ3) is 2.97. The minimum Gasteiger partial charge on any atom is -0.357 e. The van der Waals surface area contributed by atoms with E-state index in [0.717, 1.165) is 4.68 Å². The second-order valence-corrected chi connectivity index (χ2v) is 4.69. The number of hydrogen-bond acceptors (Lipinski definition) is 4. The zero-order chi connectivity index (χ0) is 15.8. The lowest BCUT2D eigenvalue weighted by Gasteiger charge is -2.10. The van der Waals surface area contributed by atoms with Crippen molar-refractivity contribution in [2.75, 3.05) is 12.4 Å². The fourth-order valence-corrected chi connectivity index (χ4v) is 2.14. The van der Waals surface area contributed by atoms with E-state index in [0.29, 0.717) is 16.9 Å². The van der Waals surface area contributed by atoms with Crippen LogP contribution >= 0.6 is 12.6 Å². The maximum Gasteiger partial charge on any atom is 0.453 e. The SMILES string of the molecule is CCc1cc(F)c(-n2nc(C(F)(F)F)nc2NC)cc1S. The van der Waals surface area contributed by atoms with Gasteiger partial charge in [0, 0.05) is 11.9 Å². The van der Waals surface area contributed by atoms with Gasteiger partial charge in [-0.25, -0.2) is 4.39 Å². The molecule has 0 atom stereocenters. The molecule has 21 heavy (non-hydrogen) atoms. The Hall–Kier alpha value is -1.77. The molecule has 0 saturated heterocycles. The highest BCUT2D eigenvalue weighted by Gasteiger charge is 2.37. The Morgan fingerprint density at radius 1 is 1.33 bits per heavy atom. The molecule has 0 aliphatic carbocycles. The molecule has 1 aromatic heterocycles. The van der Waals surface area contributed by atoms with E-state index in [9.17, 15) is 17.6 Å². The van der Waals surface area contributed by atoms with Gasteiger partial charge < -0.3 is 5.32 Å². The van der Waals surface area contributed by atoms with Gasteiger partial charge in [0.25, 0.3) is 5.82 Å². The van der Waals surface area contributed by atoms with Crippen LogP contribution in [-0.2, 0) is 12.6 Å². The molecule has 0 spiro atoms. The summed E-state index contributed by atoms with van der Waals surface area (Å²) in [6.07, 6.45) is -4.15. The largest absolute Gasteiger partial charge is 0.453 e. The minimum absolute atomic E-state index is 0.149. The average molecular weight is 320 g/mol. The molecule has 2 rings (SSSR count). The number of nitrogens with one attached hydrogen (secondary N) is 1. The molecular weight excluding hydrogens is 308 g/mol. The van der Waals surface area contributed by atoms with Crippen LogP contribution in [0.2, 0.25) is 0 Å². The maximum absolute atomic E-state index is 14.1. The molecule has 0 radical (unpaired) electrons. The van der Waals surface area contributed by atoms with Crippen LogP contribution in [0.5, 0.6) is 0 Å². The third-order valence-corrected chi connectivity index (χ3v) is 3.26. The molecule has 4 nitrogen and oxygen atoms in total. The number of rotatable bonds is 3. The number of alkyl halides is 3. The summed E-state index contributed by atoms with van der Waals surface area (Å²) >= 11 is 4.20. The lowest BCUT2D eigenvalue weighted by molar-refractivity contribution is -0.144. The normalized spacial score (nSPS) is 11.8. The second-order valence-electron chi connectivity index (χ2n) is 4.20. The van der Waals surface area contributed by atoms with Crippen LogP contribution in [0.1, 0.15) is 18.3 Å². The van der Waals surface area contributed by atoms with Crippen molar-refractivity contribution >= 4 is 18.6 Å². The first kappa shape index (κ1) is 15.6. The molecule has 2 aromatic rings. The van der Waals surface area contributed by atoms with Crippen molar-refractivity contribution in [3.63, 3.8) is 0 Å². The van der Waals surface area contributed by atoms with Gasteiger partial charge in [-0.2, -0.15) is 22.8 Å². The molecule has 0 saturated carbocycles. The molecule has 9 heteroatoms. The summed E-state index contributed by atoms with van der Waals surface area (Å²) in [5.41, 5.74) is 0.506. The summed E-state index contributed by atoms with van der Waals surface area (Å²) in [6, 6.07) is 2.55. The lowest BCUT2D eigenvalue weighted by Crippen LogP contribution is -2.09. The number of benzene rings is 1. The van der Waals surface area contributed by atoms with Crippen molar-refractivity contribution in [2.24, 2.45) is 0 Å². The number of aromatic nitrogens is 3. The van der Waals surface area contributed by atoms with E-state index in [-0.39, 0.29) is 11.6 Å². The molecular formula is C12H12F4N4S. The van der Waals surface area contributed by atoms with Crippen molar-refractivity contribution in [1.29, 1.82) is 0 Å². The van der Waals surface area contributed by atoms with E-state index >= 15 is 0 Å². The van der Waals surface area contributed by atoms with Crippen molar-refractivity contribution in [3.05, 3.63) is 29.3 Å². The Bertz CT molecular complexity index is 666. The van der Waals surface area contributed by atoms with Crippen molar-refractivity contribution in [3.8, 4) is 5.69 Å². The maximum atomic E-state index is 14.1. The first-order valence-corrected chi connectivity index (χ1v) is 6.46. The zero-order valence-electron chi connectivity index (χ0n) is 11.2. The summed E-state index contributed by atoms with van der Waals surface area (Å²) in [7, 11) is 1.38. The summed E-state index contributed by atoms with van der Waals surface area (Å²) in [4.78, 5) is 3.79. The number of anilines is 1. The molecule has 0 aliphatic heterocycles. The molecule has 0 fully saturated rings. The van der Waals surface area contributed by atoms with Crippen LogP contribution in [0, 0.1) is 5.82 Å². The highest BCUT2D eigenvalue weighted by molar-refractivity contribution is 7.80. The predicted octanol–water partition coefficient (Wildman–Crippen LogP) is 3.32. The highest BCUT2D eigenvalue weighted by Crippen LogP contribution is 2.30. The summed E-state index contributed by atoms with van der Waals surface area (Å²) in [5.74, 6) is -2.25. The topological polar surface area (TPSA) is 42.7 Å². The summed E-state index contributed by atoms with van der Waals surface area (Å²) in [6.45, 7) is 1.82. The fraction of sp³-hybridized carbons (Fsp3) is 0.333. The smallest absolute Gasteiger partial charge is 0.357 e. The van der Waals surface area contributed by atoms with Crippen molar-refractivity contribution in [2.45, 2.75) is 24.4 Å². The van der Waals surface area contributed by atoms with Crippen LogP contribution in [0.4, 0.5) is 23.5 Å². The Morgan fingerprint density at radius 2 is 2.00 bits per heavy atom. The average Bonchev–Trinajstić information content (AvgIpc) is 2.84. The van der Waals surface area contributed by atoms with Gasteiger partial charge >= 0.3 is 6.18 Å². The van der Waals surface area contributed by atoms with Crippen LogP contribution in [0.15, 0.2) is 17.0 Å². The van der Waals surface area contributed by atoms with Gasteiger partial charge in [-0.1, -0.05) is 6.92 Å². The first-order chi connectivity index (χ1) is 9.77.